The van der Waals surface area contributed by atoms with E-state index in [1.807, 2.05) is 6.92 Å². The lowest BCUT2D eigenvalue weighted by atomic mass is 10.3. The second kappa shape index (κ2) is 3.32. The van der Waals surface area contributed by atoms with Crippen molar-refractivity contribution < 1.29 is 0 Å². The highest BCUT2D eigenvalue weighted by Crippen LogP contribution is 2.30. The molecule has 3 nitrogen and oxygen atoms in total. The van der Waals surface area contributed by atoms with Crippen LogP contribution in [0.2, 0.25) is 0 Å². The highest BCUT2D eigenvalue weighted by molar-refractivity contribution is 5.41. The zero-order valence-electron chi connectivity index (χ0n) is 8.20. The first-order chi connectivity index (χ1) is 6.27. The number of anilines is 1. The molecule has 1 saturated carbocycles. The number of nitrogens with zero attached hydrogens (tertiary/aromatic N) is 3. The summed E-state index contributed by atoms with van der Waals surface area (Å²) in [5, 5.41) is 0. The van der Waals surface area contributed by atoms with Crippen molar-refractivity contribution >= 4 is 5.82 Å². The maximum Gasteiger partial charge on any atom is 0.149 e. The van der Waals surface area contributed by atoms with Crippen LogP contribution < -0.4 is 4.90 Å². The standard InChI is InChI=1S/C10H15N3/c1-8-10(12-6-5-11-8)13(2)7-9-3-4-9/h5-6,9H,3-4,7H2,1-2H3. The van der Waals surface area contributed by atoms with Gasteiger partial charge in [-0.3, -0.25) is 4.98 Å². The van der Waals surface area contributed by atoms with Crippen LogP contribution in [0.5, 0.6) is 0 Å². The van der Waals surface area contributed by atoms with Crippen LogP contribution in [0.4, 0.5) is 5.82 Å². The van der Waals surface area contributed by atoms with E-state index in [9.17, 15) is 0 Å². The van der Waals surface area contributed by atoms with E-state index in [0.29, 0.717) is 0 Å². The minimum atomic E-state index is 0.895. The van der Waals surface area contributed by atoms with Crippen molar-refractivity contribution in [2.75, 3.05) is 18.5 Å². The molecule has 1 heterocycles. The predicted octanol–water partition coefficient (Wildman–Crippen LogP) is 1.63. The third kappa shape index (κ3) is 1.97. The lowest BCUT2D eigenvalue weighted by Crippen LogP contribution is -2.22. The van der Waals surface area contributed by atoms with Crippen LogP contribution in [0.3, 0.4) is 0 Å². The van der Waals surface area contributed by atoms with Gasteiger partial charge in [-0.25, -0.2) is 4.98 Å². The Morgan fingerprint density at radius 1 is 1.38 bits per heavy atom. The molecule has 0 bridgehead atoms. The van der Waals surface area contributed by atoms with Crippen LogP contribution in [-0.4, -0.2) is 23.6 Å². The minimum absolute atomic E-state index is 0.895. The Morgan fingerprint density at radius 3 is 2.69 bits per heavy atom. The van der Waals surface area contributed by atoms with Crippen LogP contribution >= 0.6 is 0 Å². The lowest BCUT2D eigenvalue weighted by molar-refractivity contribution is 0.770. The van der Waals surface area contributed by atoms with Gasteiger partial charge in [0.1, 0.15) is 5.82 Å². The molecule has 0 aromatic carbocycles. The van der Waals surface area contributed by atoms with Crippen LogP contribution in [0.1, 0.15) is 18.5 Å². The highest BCUT2D eigenvalue weighted by atomic mass is 15.2. The summed E-state index contributed by atoms with van der Waals surface area (Å²) >= 11 is 0. The zero-order valence-corrected chi connectivity index (χ0v) is 8.20. The van der Waals surface area contributed by atoms with Crippen molar-refractivity contribution in [2.45, 2.75) is 19.8 Å². The zero-order chi connectivity index (χ0) is 9.26. The molecule has 0 aliphatic heterocycles. The lowest BCUT2D eigenvalue weighted by Gasteiger charge is -2.18. The SMILES string of the molecule is Cc1nccnc1N(C)CC1CC1. The van der Waals surface area contributed by atoms with Crippen molar-refractivity contribution in [3.63, 3.8) is 0 Å². The van der Waals surface area contributed by atoms with Crippen LogP contribution in [0.15, 0.2) is 12.4 Å². The average Bonchev–Trinajstić information content (AvgIpc) is 2.89. The van der Waals surface area contributed by atoms with E-state index in [2.05, 4.69) is 21.9 Å². The third-order valence-electron chi connectivity index (χ3n) is 2.45. The van der Waals surface area contributed by atoms with Gasteiger partial charge < -0.3 is 4.90 Å². The summed E-state index contributed by atoms with van der Waals surface area (Å²) < 4.78 is 0. The maximum absolute atomic E-state index is 4.32. The molecule has 1 aromatic rings. The van der Waals surface area contributed by atoms with E-state index in [0.717, 1.165) is 24.0 Å². The fourth-order valence-corrected chi connectivity index (χ4v) is 1.55. The predicted molar refractivity (Wildman–Crippen MR) is 52.8 cm³/mol. The van der Waals surface area contributed by atoms with Gasteiger partial charge in [-0.15, -0.1) is 0 Å². The molecule has 0 N–H and O–H groups in total. The first kappa shape index (κ1) is 8.48. The van der Waals surface area contributed by atoms with Gasteiger partial charge in [0.15, 0.2) is 0 Å². The van der Waals surface area contributed by atoms with Crippen molar-refractivity contribution in [1.29, 1.82) is 0 Å². The minimum Gasteiger partial charge on any atom is -0.358 e. The monoisotopic (exact) mass is 177 g/mol. The molecule has 1 aromatic heterocycles. The molecule has 0 saturated heterocycles. The Bertz CT molecular complexity index is 294. The third-order valence-corrected chi connectivity index (χ3v) is 2.45. The van der Waals surface area contributed by atoms with E-state index >= 15 is 0 Å². The molecule has 2 rings (SSSR count). The van der Waals surface area contributed by atoms with Gasteiger partial charge in [0, 0.05) is 26.0 Å². The van der Waals surface area contributed by atoms with Crippen LogP contribution in [0, 0.1) is 12.8 Å². The molecule has 0 spiro atoms. The molecule has 3 heteroatoms. The van der Waals surface area contributed by atoms with Crippen molar-refractivity contribution in [1.82, 2.24) is 9.97 Å². The fourth-order valence-electron chi connectivity index (χ4n) is 1.55. The van der Waals surface area contributed by atoms with Gasteiger partial charge in [-0.1, -0.05) is 0 Å². The Kier molecular flexibility index (Phi) is 2.17. The quantitative estimate of drug-likeness (QED) is 0.702. The average molecular weight is 177 g/mol. The van der Waals surface area contributed by atoms with Crippen molar-refractivity contribution in [3.05, 3.63) is 18.1 Å². The molecule has 0 radical (unpaired) electrons. The molecule has 1 aliphatic carbocycles. The Hall–Kier alpha value is -1.12. The molecule has 0 amide bonds. The summed E-state index contributed by atoms with van der Waals surface area (Å²) in [6, 6.07) is 0. The van der Waals surface area contributed by atoms with Crippen LogP contribution in [-0.2, 0) is 0 Å². The highest BCUT2D eigenvalue weighted by Gasteiger charge is 2.23. The van der Waals surface area contributed by atoms with E-state index < -0.39 is 0 Å². The normalized spacial score (nSPS) is 15.8. The van der Waals surface area contributed by atoms with Crippen LogP contribution in [0.25, 0.3) is 0 Å². The van der Waals surface area contributed by atoms with E-state index in [-0.39, 0.29) is 0 Å². The molecule has 70 valence electrons. The summed E-state index contributed by atoms with van der Waals surface area (Å²) in [7, 11) is 2.09. The van der Waals surface area contributed by atoms with Crippen molar-refractivity contribution in [2.24, 2.45) is 5.92 Å². The molecule has 1 fully saturated rings. The second-order valence-corrected chi connectivity index (χ2v) is 3.79. The van der Waals surface area contributed by atoms with Gasteiger partial charge in [0.25, 0.3) is 0 Å². The fraction of sp³-hybridized carbons (Fsp3) is 0.600. The second-order valence-electron chi connectivity index (χ2n) is 3.79. The largest absolute Gasteiger partial charge is 0.358 e. The van der Waals surface area contributed by atoms with Gasteiger partial charge in [-0.05, 0) is 25.7 Å². The summed E-state index contributed by atoms with van der Waals surface area (Å²) in [6.45, 7) is 3.13. The molecular formula is C10H15N3. The summed E-state index contributed by atoms with van der Waals surface area (Å²) in [6.07, 6.45) is 6.25. The Labute approximate surface area is 78.8 Å². The first-order valence-corrected chi connectivity index (χ1v) is 4.76. The molecule has 0 unspecified atom stereocenters. The van der Waals surface area contributed by atoms with Crippen molar-refractivity contribution in [3.8, 4) is 0 Å². The molecule has 13 heavy (non-hydrogen) atoms. The Morgan fingerprint density at radius 2 is 2.08 bits per heavy atom. The molecule has 1 aliphatic rings. The van der Waals surface area contributed by atoms with Gasteiger partial charge in [0.2, 0.25) is 0 Å². The number of hydrogen-bond acceptors (Lipinski definition) is 3. The van der Waals surface area contributed by atoms with E-state index in [4.69, 9.17) is 0 Å². The smallest absolute Gasteiger partial charge is 0.149 e. The number of aromatic nitrogens is 2. The number of rotatable bonds is 3. The number of aryl methyl sites for hydroxylation is 1. The topological polar surface area (TPSA) is 29.0 Å². The molecule has 0 atom stereocenters. The van der Waals surface area contributed by atoms with Gasteiger partial charge in [-0.2, -0.15) is 0 Å². The summed E-state index contributed by atoms with van der Waals surface area (Å²) in [5.74, 6) is 1.92. The van der Waals surface area contributed by atoms with E-state index in [1.54, 1.807) is 12.4 Å². The first-order valence-electron chi connectivity index (χ1n) is 4.76. The summed E-state index contributed by atoms with van der Waals surface area (Å²) in [5.41, 5.74) is 1.02. The van der Waals surface area contributed by atoms with Gasteiger partial charge in [0.05, 0.1) is 5.69 Å². The van der Waals surface area contributed by atoms with E-state index in [1.165, 1.54) is 12.8 Å². The summed E-state index contributed by atoms with van der Waals surface area (Å²) in [4.78, 5) is 10.8. The molecular weight excluding hydrogens is 162 g/mol. The van der Waals surface area contributed by atoms with Gasteiger partial charge >= 0.3 is 0 Å². The maximum atomic E-state index is 4.32. The number of hydrogen-bond donors (Lipinski definition) is 0. The Balaban J connectivity index is 2.09.